The van der Waals surface area contributed by atoms with Crippen molar-refractivity contribution < 1.29 is 9.18 Å². The monoisotopic (exact) mass is 309 g/mol. The molecule has 116 valence electrons. The zero-order valence-electron chi connectivity index (χ0n) is 12.6. The van der Waals surface area contributed by atoms with Crippen LogP contribution in [0.5, 0.6) is 0 Å². The second kappa shape index (κ2) is 6.49. The first kappa shape index (κ1) is 15.0. The first-order chi connectivity index (χ1) is 11.2. The Morgan fingerprint density at radius 3 is 2.65 bits per heavy atom. The Morgan fingerprint density at radius 2 is 2.00 bits per heavy atom. The molecule has 1 aliphatic rings. The van der Waals surface area contributed by atoms with Crippen LogP contribution in [0.4, 0.5) is 15.8 Å². The van der Waals surface area contributed by atoms with Crippen molar-refractivity contribution in [1.29, 1.82) is 5.26 Å². The van der Waals surface area contributed by atoms with Gasteiger partial charge in [0.2, 0.25) is 5.91 Å². The molecule has 0 aliphatic carbocycles. The maximum Gasteiger partial charge on any atom is 0.227 e. The summed E-state index contributed by atoms with van der Waals surface area (Å²) in [5.41, 5.74) is 2.60. The van der Waals surface area contributed by atoms with E-state index in [9.17, 15) is 9.18 Å². The van der Waals surface area contributed by atoms with Crippen molar-refractivity contribution >= 4 is 17.3 Å². The zero-order valence-corrected chi connectivity index (χ0v) is 12.6. The van der Waals surface area contributed by atoms with E-state index in [0.29, 0.717) is 24.1 Å². The summed E-state index contributed by atoms with van der Waals surface area (Å²) in [5.74, 6) is -0.183. The molecular formula is C18H16FN3O. The summed E-state index contributed by atoms with van der Waals surface area (Å²) in [6.07, 6.45) is 1.50. The Morgan fingerprint density at radius 1 is 1.22 bits per heavy atom. The molecule has 1 heterocycles. The Kier molecular flexibility index (Phi) is 4.24. The van der Waals surface area contributed by atoms with Gasteiger partial charge in [-0.15, -0.1) is 0 Å². The SMILES string of the molecule is N#Cc1ccc(F)c(CNc2ccc(N3CCCC3=O)cc2)c1. The minimum atomic E-state index is -0.337. The van der Waals surface area contributed by atoms with E-state index >= 15 is 0 Å². The molecule has 0 bridgehead atoms. The molecule has 0 aromatic heterocycles. The fourth-order valence-corrected chi connectivity index (χ4v) is 2.66. The Hall–Kier alpha value is -2.87. The molecule has 23 heavy (non-hydrogen) atoms. The summed E-state index contributed by atoms with van der Waals surface area (Å²) in [5, 5.41) is 12.0. The topological polar surface area (TPSA) is 56.1 Å². The van der Waals surface area contributed by atoms with E-state index in [1.54, 1.807) is 11.0 Å². The molecule has 1 aliphatic heterocycles. The van der Waals surface area contributed by atoms with Gasteiger partial charge in [0, 0.05) is 36.4 Å². The van der Waals surface area contributed by atoms with Gasteiger partial charge in [0.05, 0.1) is 11.6 Å². The first-order valence-electron chi connectivity index (χ1n) is 7.50. The van der Waals surface area contributed by atoms with E-state index in [0.717, 1.165) is 24.3 Å². The summed E-state index contributed by atoms with van der Waals surface area (Å²) >= 11 is 0. The molecule has 2 aromatic carbocycles. The summed E-state index contributed by atoms with van der Waals surface area (Å²) in [7, 11) is 0. The first-order valence-corrected chi connectivity index (χ1v) is 7.50. The number of halogens is 1. The lowest BCUT2D eigenvalue weighted by atomic mass is 10.1. The van der Waals surface area contributed by atoms with Gasteiger partial charge in [0.25, 0.3) is 0 Å². The molecule has 1 saturated heterocycles. The standard InChI is InChI=1S/C18H16FN3O/c19-17-8-3-13(11-20)10-14(17)12-21-15-4-6-16(7-5-15)22-9-1-2-18(22)23/h3-8,10,21H,1-2,9,12H2. The summed E-state index contributed by atoms with van der Waals surface area (Å²) in [6, 6.07) is 13.8. The molecule has 4 nitrogen and oxygen atoms in total. The van der Waals surface area contributed by atoms with Gasteiger partial charge < -0.3 is 10.2 Å². The molecule has 1 fully saturated rings. The fraction of sp³-hybridized carbons (Fsp3) is 0.222. The van der Waals surface area contributed by atoms with E-state index in [1.807, 2.05) is 30.3 Å². The second-order valence-corrected chi connectivity index (χ2v) is 5.47. The smallest absolute Gasteiger partial charge is 0.227 e. The van der Waals surface area contributed by atoms with Gasteiger partial charge in [0.1, 0.15) is 5.82 Å². The number of hydrogen-bond donors (Lipinski definition) is 1. The van der Waals surface area contributed by atoms with Gasteiger partial charge in [-0.2, -0.15) is 5.26 Å². The van der Waals surface area contributed by atoms with Crippen LogP contribution in [0.2, 0.25) is 0 Å². The van der Waals surface area contributed by atoms with Crippen molar-refractivity contribution in [3.05, 3.63) is 59.4 Å². The minimum Gasteiger partial charge on any atom is -0.381 e. The van der Waals surface area contributed by atoms with E-state index < -0.39 is 0 Å². The summed E-state index contributed by atoms with van der Waals surface area (Å²) in [4.78, 5) is 13.5. The summed E-state index contributed by atoms with van der Waals surface area (Å²) in [6.45, 7) is 1.06. The average Bonchev–Trinajstić information content (AvgIpc) is 3.01. The van der Waals surface area contributed by atoms with E-state index in [4.69, 9.17) is 5.26 Å². The molecule has 0 saturated carbocycles. The van der Waals surface area contributed by atoms with Gasteiger partial charge >= 0.3 is 0 Å². The van der Waals surface area contributed by atoms with Crippen molar-refractivity contribution in [1.82, 2.24) is 0 Å². The molecule has 3 rings (SSSR count). The predicted octanol–water partition coefficient (Wildman–Crippen LogP) is 3.44. The van der Waals surface area contributed by atoms with Gasteiger partial charge in [0.15, 0.2) is 0 Å². The molecular weight excluding hydrogens is 293 g/mol. The Bertz CT molecular complexity index is 765. The van der Waals surface area contributed by atoms with Crippen molar-refractivity contribution in [3.8, 4) is 6.07 Å². The lowest BCUT2D eigenvalue weighted by Crippen LogP contribution is -2.23. The average molecular weight is 309 g/mol. The third-order valence-electron chi connectivity index (χ3n) is 3.91. The number of nitrogens with one attached hydrogen (secondary N) is 1. The lowest BCUT2D eigenvalue weighted by Gasteiger charge is -2.16. The number of benzene rings is 2. The van der Waals surface area contributed by atoms with Gasteiger partial charge in [-0.05, 0) is 48.9 Å². The quantitative estimate of drug-likeness (QED) is 0.941. The molecule has 2 aromatic rings. The van der Waals surface area contributed by atoms with Crippen LogP contribution in [0.1, 0.15) is 24.0 Å². The van der Waals surface area contributed by atoms with E-state index in [1.165, 1.54) is 12.1 Å². The third kappa shape index (κ3) is 3.32. The molecule has 1 amide bonds. The van der Waals surface area contributed by atoms with Gasteiger partial charge in [-0.3, -0.25) is 4.79 Å². The number of rotatable bonds is 4. The van der Waals surface area contributed by atoms with E-state index in [2.05, 4.69) is 5.32 Å². The number of carbonyl (C=O) groups is 1. The molecule has 0 atom stereocenters. The second-order valence-electron chi connectivity index (χ2n) is 5.47. The molecule has 5 heteroatoms. The van der Waals surface area contributed by atoms with Crippen molar-refractivity contribution in [3.63, 3.8) is 0 Å². The van der Waals surface area contributed by atoms with Gasteiger partial charge in [-0.25, -0.2) is 4.39 Å². The number of nitriles is 1. The lowest BCUT2D eigenvalue weighted by molar-refractivity contribution is -0.117. The van der Waals surface area contributed by atoms with Crippen LogP contribution in [-0.4, -0.2) is 12.5 Å². The van der Waals surface area contributed by atoms with Crippen LogP contribution in [-0.2, 0) is 11.3 Å². The molecule has 0 unspecified atom stereocenters. The number of hydrogen-bond acceptors (Lipinski definition) is 3. The highest BCUT2D eigenvalue weighted by Gasteiger charge is 2.21. The molecule has 1 N–H and O–H groups in total. The maximum atomic E-state index is 13.7. The van der Waals surface area contributed by atoms with Crippen molar-refractivity contribution in [2.45, 2.75) is 19.4 Å². The van der Waals surface area contributed by atoms with Crippen molar-refractivity contribution in [2.75, 3.05) is 16.8 Å². The van der Waals surface area contributed by atoms with Crippen LogP contribution in [0, 0.1) is 17.1 Å². The van der Waals surface area contributed by atoms with Crippen molar-refractivity contribution in [2.24, 2.45) is 0 Å². The van der Waals surface area contributed by atoms with Crippen LogP contribution in [0.25, 0.3) is 0 Å². The zero-order chi connectivity index (χ0) is 16.2. The number of amides is 1. The minimum absolute atomic E-state index is 0.154. The Balaban J connectivity index is 1.67. The van der Waals surface area contributed by atoms with E-state index in [-0.39, 0.29) is 11.7 Å². The molecule has 0 radical (unpaired) electrons. The highest BCUT2D eigenvalue weighted by Crippen LogP contribution is 2.23. The molecule has 0 spiro atoms. The third-order valence-corrected chi connectivity index (χ3v) is 3.91. The summed E-state index contributed by atoms with van der Waals surface area (Å²) < 4.78 is 13.7. The maximum absolute atomic E-state index is 13.7. The predicted molar refractivity (Wildman–Crippen MR) is 86.5 cm³/mol. The highest BCUT2D eigenvalue weighted by molar-refractivity contribution is 5.95. The number of anilines is 2. The Labute approximate surface area is 134 Å². The van der Waals surface area contributed by atoms with Crippen LogP contribution < -0.4 is 10.2 Å². The van der Waals surface area contributed by atoms with Gasteiger partial charge in [-0.1, -0.05) is 0 Å². The fourth-order valence-electron chi connectivity index (χ4n) is 2.66. The largest absolute Gasteiger partial charge is 0.381 e. The number of carbonyl (C=O) groups excluding carboxylic acids is 1. The number of nitrogens with zero attached hydrogens (tertiary/aromatic N) is 2. The normalized spacial score (nSPS) is 13.9. The van der Waals surface area contributed by atoms with Crippen LogP contribution in [0.15, 0.2) is 42.5 Å². The highest BCUT2D eigenvalue weighted by atomic mass is 19.1. The van der Waals surface area contributed by atoms with Crippen LogP contribution in [0.3, 0.4) is 0 Å². The van der Waals surface area contributed by atoms with Crippen LogP contribution >= 0.6 is 0 Å².